The molecule has 0 unspecified atom stereocenters. The molecule has 1 aromatic rings. The smallest absolute Gasteiger partial charge is 0.120 e. The molecule has 0 fully saturated rings. The van der Waals surface area contributed by atoms with Gasteiger partial charge in [-0.3, -0.25) is 4.90 Å². The fourth-order valence-electron chi connectivity index (χ4n) is 2.13. The molecule has 0 atom stereocenters. The van der Waals surface area contributed by atoms with Crippen LogP contribution in [0.3, 0.4) is 0 Å². The van der Waals surface area contributed by atoms with Crippen LogP contribution in [0.1, 0.15) is 44.8 Å². The highest BCUT2D eigenvalue weighted by Gasteiger charge is 2.15. The van der Waals surface area contributed by atoms with E-state index in [1.165, 1.54) is 5.56 Å². The number of aryl methyl sites for hydroxylation is 1. The monoisotopic (exact) mass is 252 g/mol. The average Bonchev–Trinajstić information content (AvgIpc) is 2.58. The van der Waals surface area contributed by atoms with Crippen molar-refractivity contribution in [3.05, 3.63) is 23.2 Å². The Labute approximate surface area is 112 Å². The van der Waals surface area contributed by atoms with Crippen molar-refractivity contribution in [3.63, 3.8) is 0 Å². The van der Waals surface area contributed by atoms with E-state index in [0.29, 0.717) is 12.0 Å². The lowest BCUT2D eigenvalue weighted by Gasteiger charge is -2.27. The summed E-state index contributed by atoms with van der Waals surface area (Å²) in [6.07, 6.45) is 0. The van der Waals surface area contributed by atoms with E-state index in [2.05, 4.69) is 50.9 Å². The molecule has 0 aliphatic carbocycles. The highest BCUT2D eigenvalue weighted by atomic mass is 16.3. The second-order valence-electron chi connectivity index (χ2n) is 5.77. The van der Waals surface area contributed by atoms with E-state index >= 15 is 0 Å². The van der Waals surface area contributed by atoms with Crippen molar-refractivity contribution < 1.29 is 4.42 Å². The van der Waals surface area contributed by atoms with Crippen LogP contribution >= 0.6 is 0 Å². The van der Waals surface area contributed by atoms with E-state index in [1.54, 1.807) is 0 Å². The maximum atomic E-state index is 5.91. The van der Waals surface area contributed by atoms with Crippen molar-refractivity contribution in [1.29, 1.82) is 0 Å². The Hall–Kier alpha value is -0.800. The summed E-state index contributed by atoms with van der Waals surface area (Å²) < 4.78 is 5.91. The van der Waals surface area contributed by atoms with E-state index < -0.39 is 0 Å². The van der Waals surface area contributed by atoms with Gasteiger partial charge < -0.3 is 9.73 Å². The van der Waals surface area contributed by atoms with Crippen molar-refractivity contribution >= 4 is 0 Å². The lowest BCUT2D eigenvalue weighted by Crippen LogP contribution is -2.33. The molecular weight excluding hydrogens is 224 g/mol. The zero-order valence-corrected chi connectivity index (χ0v) is 12.7. The lowest BCUT2D eigenvalue weighted by atomic mass is 10.1. The number of furan rings is 1. The molecule has 3 heteroatoms. The third kappa shape index (κ3) is 4.46. The van der Waals surface area contributed by atoms with Crippen LogP contribution in [-0.4, -0.2) is 24.5 Å². The summed E-state index contributed by atoms with van der Waals surface area (Å²) in [6, 6.07) is 2.72. The van der Waals surface area contributed by atoms with Crippen LogP contribution in [0.25, 0.3) is 0 Å². The van der Waals surface area contributed by atoms with Crippen molar-refractivity contribution in [1.82, 2.24) is 10.2 Å². The quantitative estimate of drug-likeness (QED) is 0.808. The predicted molar refractivity (Wildman–Crippen MR) is 76.6 cm³/mol. The van der Waals surface area contributed by atoms with E-state index in [4.69, 9.17) is 4.42 Å². The fraction of sp³-hybridized carbons (Fsp3) is 0.733. The van der Waals surface area contributed by atoms with Crippen molar-refractivity contribution in [2.45, 2.75) is 53.8 Å². The molecule has 1 rings (SSSR count). The minimum Gasteiger partial charge on any atom is -0.463 e. The van der Waals surface area contributed by atoms with Gasteiger partial charge in [0.15, 0.2) is 0 Å². The fourth-order valence-corrected chi connectivity index (χ4v) is 2.13. The zero-order chi connectivity index (χ0) is 13.7. The van der Waals surface area contributed by atoms with Crippen LogP contribution in [0.5, 0.6) is 0 Å². The van der Waals surface area contributed by atoms with Crippen molar-refractivity contribution in [2.75, 3.05) is 13.6 Å². The van der Waals surface area contributed by atoms with Crippen molar-refractivity contribution in [2.24, 2.45) is 5.92 Å². The molecule has 1 N–H and O–H groups in total. The average molecular weight is 252 g/mol. The number of hydrogen-bond donors (Lipinski definition) is 1. The van der Waals surface area contributed by atoms with Crippen LogP contribution in [0, 0.1) is 12.8 Å². The summed E-state index contributed by atoms with van der Waals surface area (Å²) in [7, 11) is 1.95. The minimum absolute atomic E-state index is 0.547. The first-order valence-electron chi connectivity index (χ1n) is 6.90. The van der Waals surface area contributed by atoms with Gasteiger partial charge in [-0.05, 0) is 45.4 Å². The van der Waals surface area contributed by atoms with Gasteiger partial charge in [0, 0.05) is 12.6 Å². The Morgan fingerprint density at radius 3 is 2.44 bits per heavy atom. The molecule has 104 valence electrons. The van der Waals surface area contributed by atoms with Crippen LogP contribution in [-0.2, 0) is 13.1 Å². The molecule has 18 heavy (non-hydrogen) atoms. The first kappa shape index (κ1) is 15.3. The molecule has 0 amide bonds. The van der Waals surface area contributed by atoms with Gasteiger partial charge in [-0.25, -0.2) is 0 Å². The Balaban J connectivity index is 2.71. The van der Waals surface area contributed by atoms with Gasteiger partial charge >= 0.3 is 0 Å². The molecule has 0 saturated heterocycles. The third-order valence-electron chi connectivity index (χ3n) is 3.10. The predicted octanol–water partition coefficient (Wildman–Crippen LogP) is 3.17. The molecule has 1 heterocycles. The molecule has 0 aliphatic heterocycles. The molecule has 0 aliphatic rings. The topological polar surface area (TPSA) is 28.4 Å². The first-order chi connectivity index (χ1) is 8.43. The highest BCUT2D eigenvalue weighted by molar-refractivity contribution is 5.20. The summed E-state index contributed by atoms with van der Waals surface area (Å²) in [6.45, 7) is 13.9. The molecule has 0 radical (unpaired) electrons. The molecule has 3 nitrogen and oxygen atoms in total. The summed E-state index contributed by atoms with van der Waals surface area (Å²) in [5.41, 5.74) is 1.24. The Bertz CT molecular complexity index is 355. The van der Waals surface area contributed by atoms with Crippen LogP contribution in [0.15, 0.2) is 10.5 Å². The second-order valence-corrected chi connectivity index (χ2v) is 5.77. The summed E-state index contributed by atoms with van der Waals surface area (Å²) >= 11 is 0. The highest BCUT2D eigenvalue weighted by Crippen LogP contribution is 2.18. The Kier molecular flexibility index (Phi) is 5.89. The molecule has 0 spiro atoms. The summed E-state index contributed by atoms with van der Waals surface area (Å²) in [5.74, 6) is 2.81. The maximum Gasteiger partial charge on any atom is 0.120 e. The van der Waals surface area contributed by atoms with Crippen LogP contribution in [0.4, 0.5) is 0 Å². The van der Waals surface area contributed by atoms with Crippen LogP contribution in [0.2, 0.25) is 0 Å². The number of hydrogen-bond acceptors (Lipinski definition) is 3. The van der Waals surface area contributed by atoms with Gasteiger partial charge in [0.2, 0.25) is 0 Å². The minimum atomic E-state index is 0.547. The van der Waals surface area contributed by atoms with Crippen molar-refractivity contribution in [3.8, 4) is 0 Å². The largest absolute Gasteiger partial charge is 0.463 e. The first-order valence-corrected chi connectivity index (χ1v) is 6.90. The summed E-state index contributed by atoms with van der Waals surface area (Å²) in [4.78, 5) is 2.46. The lowest BCUT2D eigenvalue weighted by molar-refractivity contribution is 0.174. The van der Waals surface area contributed by atoms with Gasteiger partial charge in [-0.1, -0.05) is 13.8 Å². The number of nitrogens with zero attached hydrogens (tertiary/aromatic N) is 1. The second kappa shape index (κ2) is 6.95. The molecule has 0 aromatic carbocycles. The molecule has 0 saturated carbocycles. The molecule has 1 aromatic heterocycles. The van der Waals surface area contributed by atoms with E-state index in [0.717, 1.165) is 31.2 Å². The molecular formula is C15H28N2O. The zero-order valence-electron chi connectivity index (χ0n) is 12.7. The standard InChI is InChI=1S/C15H28N2O/c1-11(2)9-17(12(3)4)10-14-7-13(5)15(18-14)8-16-6/h7,11-12,16H,8-10H2,1-6H3. The molecule has 0 bridgehead atoms. The number of rotatable bonds is 7. The van der Waals surface area contributed by atoms with E-state index in [-0.39, 0.29) is 0 Å². The van der Waals surface area contributed by atoms with Crippen LogP contribution < -0.4 is 5.32 Å². The normalized spacial score (nSPS) is 12.1. The number of nitrogens with one attached hydrogen (secondary N) is 1. The SMILES string of the molecule is CNCc1oc(CN(CC(C)C)C(C)C)cc1C. The van der Waals surface area contributed by atoms with E-state index in [9.17, 15) is 0 Å². The van der Waals surface area contributed by atoms with Gasteiger partial charge in [0.25, 0.3) is 0 Å². The summed E-state index contributed by atoms with van der Waals surface area (Å²) in [5, 5.41) is 3.14. The maximum absolute atomic E-state index is 5.91. The van der Waals surface area contributed by atoms with E-state index in [1.807, 2.05) is 7.05 Å². The van der Waals surface area contributed by atoms with Gasteiger partial charge in [-0.2, -0.15) is 0 Å². The van der Waals surface area contributed by atoms with Gasteiger partial charge in [0.1, 0.15) is 11.5 Å². The van der Waals surface area contributed by atoms with Gasteiger partial charge in [0.05, 0.1) is 13.1 Å². The Morgan fingerprint density at radius 1 is 1.28 bits per heavy atom. The van der Waals surface area contributed by atoms with Gasteiger partial charge in [-0.15, -0.1) is 0 Å². The Morgan fingerprint density at radius 2 is 1.94 bits per heavy atom. The third-order valence-corrected chi connectivity index (χ3v) is 3.10.